The second kappa shape index (κ2) is 7.14. The van der Waals surface area contributed by atoms with E-state index in [4.69, 9.17) is 15.2 Å². The zero-order valence-corrected chi connectivity index (χ0v) is 12.7. The van der Waals surface area contributed by atoms with Gasteiger partial charge < -0.3 is 20.5 Å². The van der Waals surface area contributed by atoms with E-state index in [1.807, 2.05) is 32.0 Å². The minimum atomic E-state index is -0.479. The minimum absolute atomic E-state index is 0.0297. The molecule has 0 fully saturated rings. The van der Waals surface area contributed by atoms with Gasteiger partial charge in [-0.25, -0.2) is 0 Å². The second-order valence-corrected chi connectivity index (χ2v) is 5.45. The maximum Gasteiger partial charge on any atom is 0.221 e. The Balaban J connectivity index is 2.48. The fraction of sp³-hybridized carbons (Fsp3) is 0.533. The van der Waals surface area contributed by atoms with Gasteiger partial charge in [-0.1, -0.05) is 6.07 Å². The van der Waals surface area contributed by atoms with Gasteiger partial charge in [0.15, 0.2) is 11.5 Å². The lowest BCUT2D eigenvalue weighted by Crippen LogP contribution is -2.39. The molecule has 0 radical (unpaired) electrons. The summed E-state index contributed by atoms with van der Waals surface area (Å²) >= 11 is 0. The van der Waals surface area contributed by atoms with Crippen molar-refractivity contribution < 1.29 is 14.3 Å². The highest BCUT2D eigenvalue weighted by Crippen LogP contribution is 2.27. The third-order valence-electron chi connectivity index (χ3n) is 2.80. The van der Waals surface area contributed by atoms with Crippen LogP contribution in [0, 0.1) is 0 Å². The predicted octanol–water partition coefficient (Wildman–Crippen LogP) is 1.49. The van der Waals surface area contributed by atoms with Crippen LogP contribution in [0.25, 0.3) is 0 Å². The third-order valence-corrected chi connectivity index (χ3v) is 2.80. The first-order valence-corrected chi connectivity index (χ1v) is 6.62. The van der Waals surface area contributed by atoms with E-state index in [1.165, 1.54) is 0 Å². The van der Waals surface area contributed by atoms with Gasteiger partial charge in [-0.3, -0.25) is 4.79 Å². The number of benzene rings is 1. The molecule has 0 saturated carbocycles. The zero-order chi connectivity index (χ0) is 15.2. The van der Waals surface area contributed by atoms with Gasteiger partial charge in [0.2, 0.25) is 5.91 Å². The van der Waals surface area contributed by atoms with Gasteiger partial charge in [0.1, 0.15) is 0 Å². The first kappa shape index (κ1) is 16.3. The summed E-state index contributed by atoms with van der Waals surface area (Å²) in [6, 6.07) is 5.73. The van der Waals surface area contributed by atoms with E-state index >= 15 is 0 Å². The van der Waals surface area contributed by atoms with Crippen molar-refractivity contribution in [1.82, 2.24) is 5.32 Å². The van der Waals surface area contributed by atoms with Crippen LogP contribution in [0.3, 0.4) is 0 Å². The highest BCUT2D eigenvalue weighted by atomic mass is 16.5. The van der Waals surface area contributed by atoms with Crippen LogP contribution >= 0.6 is 0 Å². The summed E-state index contributed by atoms with van der Waals surface area (Å²) < 4.78 is 10.4. The van der Waals surface area contributed by atoms with E-state index in [-0.39, 0.29) is 5.91 Å². The van der Waals surface area contributed by atoms with Crippen LogP contribution < -0.4 is 20.5 Å². The molecule has 0 aliphatic heterocycles. The zero-order valence-electron chi connectivity index (χ0n) is 12.7. The van der Waals surface area contributed by atoms with Gasteiger partial charge in [0.25, 0.3) is 0 Å². The second-order valence-electron chi connectivity index (χ2n) is 5.45. The van der Waals surface area contributed by atoms with E-state index in [2.05, 4.69) is 5.32 Å². The van der Waals surface area contributed by atoms with Crippen molar-refractivity contribution in [2.75, 3.05) is 20.8 Å². The van der Waals surface area contributed by atoms with Gasteiger partial charge in [-0.15, -0.1) is 0 Å². The lowest BCUT2D eigenvalue weighted by atomic mass is 10.0. The van der Waals surface area contributed by atoms with Crippen LogP contribution in [0.2, 0.25) is 0 Å². The Morgan fingerprint density at radius 2 is 1.90 bits per heavy atom. The average molecular weight is 280 g/mol. The molecule has 3 N–H and O–H groups in total. The number of methoxy groups -OCH3 is 2. The quantitative estimate of drug-likeness (QED) is 0.793. The molecule has 5 nitrogen and oxygen atoms in total. The van der Waals surface area contributed by atoms with Gasteiger partial charge >= 0.3 is 0 Å². The van der Waals surface area contributed by atoms with Gasteiger partial charge in [0.05, 0.1) is 14.2 Å². The van der Waals surface area contributed by atoms with Gasteiger partial charge in [-0.2, -0.15) is 0 Å². The Kier molecular flexibility index (Phi) is 5.82. The van der Waals surface area contributed by atoms with Crippen molar-refractivity contribution >= 4 is 5.91 Å². The summed E-state index contributed by atoms with van der Waals surface area (Å²) in [7, 11) is 3.21. The molecule has 0 aromatic heterocycles. The Hall–Kier alpha value is -1.75. The number of nitrogens with one attached hydrogen (secondary N) is 1. The van der Waals surface area contributed by atoms with E-state index in [0.29, 0.717) is 24.5 Å². The summed E-state index contributed by atoms with van der Waals surface area (Å²) in [5.41, 5.74) is 6.40. The minimum Gasteiger partial charge on any atom is -0.493 e. The van der Waals surface area contributed by atoms with Crippen LogP contribution in [-0.4, -0.2) is 32.2 Å². The molecule has 1 rings (SSSR count). The maximum absolute atomic E-state index is 11.6. The van der Waals surface area contributed by atoms with Crippen molar-refractivity contribution in [3.63, 3.8) is 0 Å². The number of amides is 1. The van der Waals surface area contributed by atoms with Crippen LogP contribution in [0.4, 0.5) is 0 Å². The molecule has 0 unspecified atom stereocenters. The molecule has 112 valence electrons. The molecular formula is C15H24N2O3. The monoisotopic (exact) mass is 280 g/mol. The highest BCUT2D eigenvalue weighted by molar-refractivity contribution is 5.77. The molecule has 1 aromatic rings. The van der Waals surface area contributed by atoms with Gasteiger partial charge in [0, 0.05) is 18.5 Å². The molecule has 0 aliphatic carbocycles. The number of nitrogens with two attached hydrogens (primary N) is 1. The fourth-order valence-corrected chi connectivity index (χ4v) is 1.86. The number of hydrogen-bond acceptors (Lipinski definition) is 4. The Morgan fingerprint density at radius 3 is 2.45 bits per heavy atom. The fourth-order valence-electron chi connectivity index (χ4n) is 1.86. The predicted molar refractivity (Wildman–Crippen MR) is 79.1 cm³/mol. The molecule has 0 saturated heterocycles. The molecule has 0 atom stereocenters. The van der Waals surface area contributed by atoms with E-state index in [9.17, 15) is 4.79 Å². The number of hydrogen-bond donors (Lipinski definition) is 2. The number of rotatable bonds is 7. The van der Waals surface area contributed by atoms with Crippen LogP contribution in [-0.2, 0) is 11.2 Å². The van der Waals surface area contributed by atoms with Crippen LogP contribution in [0.5, 0.6) is 11.5 Å². The average Bonchev–Trinajstić information content (AvgIpc) is 2.36. The summed E-state index contributed by atoms with van der Waals surface area (Å²) in [6.45, 7) is 4.24. The third kappa shape index (κ3) is 5.48. The van der Waals surface area contributed by atoms with Crippen LogP contribution in [0.15, 0.2) is 18.2 Å². The molecule has 5 heteroatoms. The molecule has 0 bridgehead atoms. The highest BCUT2D eigenvalue weighted by Gasteiger charge is 2.15. The number of carbonyl (C=O) groups is 1. The molecule has 0 heterocycles. The van der Waals surface area contributed by atoms with Crippen molar-refractivity contribution in [2.45, 2.75) is 32.2 Å². The normalized spacial score (nSPS) is 11.1. The Bertz CT molecular complexity index is 453. The van der Waals surface area contributed by atoms with Crippen LogP contribution in [0.1, 0.15) is 25.8 Å². The van der Waals surface area contributed by atoms with Crippen molar-refractivity contribution in [3.05, 3.63) is 23.8 Å². The molecule has 0 spiro atoms. The maximum atomic E-state index is 11.6. The lowest BCUT2D eigenvalue weighted by molar-refractivity contribution is -0.121. The lowest BCUT2D eigenvalue weighted by Gasteiger charge is -2.17. The number of carbonyl (C=O) groups excluding carboxylic acids is 1. The molecular weight excluding hydrogens is 256 g/mol. The molecule has 1 aromatic carbocycles. The molecule has 1 amide bonds. The van der Waals surface area contributed by atoms with Gasteiger partial charge in [-0.05, 0) is 38.0 Å². The van der Waals surface area contributed by atoms with E-state index in [0.717, 1.165) is 12.0 Å². The topological polar surface area (TPSA) is 73.6 Å². The Morgan fingerprint density at radius 1 is 1.25 bits per heavy atom. The summed E-state index contributed by atoms with van der Waals surface area (Å²) in [4.78, 5) is 11.6. The smallest absolute Gasteiger partial charge is 0.221 e. The SMILES string of the molecule is COc1ccc(CCNC(=O)CC(C)(C)N)cc1OC. The standard InChI is InChI=1S/C15H24N2O3/c1-15(2,16)10-14(18)17-8-7-11-5-6-12(19-3)13(9-11)20-4/h5-6,9H,7-8,10,16H2,1-4H3,(H,17,18). The molecule has 0 aliphatic rings. The summed E-state index contributed by atoms with van der Waals surface area (Å²) in [6.07, 6.45) is 1.05. The van der Waals surface area contributed by atoms with E-state index in [1.54, 1.807) is 14.2 Å². The van der Waals surface area contributed by atoms with Crippen molar-refractivity contribution in [3.8, 4) is 11.5 Å². The largest absolute Gasteiger partial charge is 0.493 e. The first-order chi connectivity index (χ1) is 9.35. The van der Waals surface area contributed by atoms with Crippen molar-refractivity contribution in [2.24, 2.45) is 5.73 Å². The van der Waals surface area contributed by atoms with E-state index < -0.39 is 5.54 Å². The summed E-state index contributed by atoms with van der Waals surface area (Å²) in [5, 5.41) is 2.86. The molecule has 20 heavy (non-hydrogen) atoms. The van der Waals surface area contributed by atoms with Crippen molar-refractivity contribution in [1.29, 1.82) is 0 Å². The summed E-state index contributed by atoms with van der Waals surface area (Å²) in [5.74, 6) is 1.36. The Labute approximate surface area is 120 Å². The first-order valence-electron chi connectivity index (χ1n) is 6.62. The number of ether oxygens (including phenoxy) is 2.